The molecule has 0 saturated carbocycles. The molecule has 1 heterocycles. The number of carbonyl (C=O) groups excluding carboxylic acids is 1. The Morgan fingerprint density at radius 2 is 2.12 bits per heavy atom. The Labute approximate surface area is 100 Å². The van der Waals surface area contributed by atoms with Gasteiger partial charge in [0.15, 0.2) is 0 Å². The van der Waals surface area contributed by atoms with Gasteiger partial charge in [0.1, 0.15) is 6.61 Å². The fraction of sp³-hybridized carbons (Fsp3) is 0.385. The van der Waals surface area contributed by atoms with E-state index in [0.29, 0.717) is 23.6 Å². The fourth-order valence-corrected chi connectivity index (χ4v) is 1.68. The minimum atomic E-state index is -0.378. The molecule has 0 fully saturated rings. The van der Waals surface area contributed by atoms with Gasteiger partial charge in [0, 0.05) is 0 Å². The standard InChI is InChI=1S/C13H15NO3/c1-13(2)8-17-11(14-13)9-6-4-5-7-10(9)12(15)16-3/h4-7H,8H2,1-3H3. The third-order valence-electron chi connectivity index (χ3n) is 2.53. The molecule has 1 aromatic carbocycles. The van der Waals surface area contributed by atoms with Crippen LogP contribution < -0.4 is 0 Å². The van der Waals surface area contributed by atoms with Crippen LogP contribution in [-0.2, 0) is 9.47 Å². The second kappa shape index (κ2) is 4.20. The minimum Gasteiger partial charge on any atom is -0.475 e. The number of methoxy groups -OCH3 is 1. The summed E-state index contributed by atoms with van der Waals surface area (Å²) in [6, 6.07) is 7.15. The summed E-state index contributed by atoms with van der Waals surface area (Å²) in [6.07, 6.45) is 0. The van der Waals surface area contributed by atoms with E-state index in [-0.39, 0.29) is 11.5 Å². The van der Waals surface area contributed by atoms with Crippen LogP contribution in [-0.4, -0.2) is 31.1 Å². The van der Waals surface area contributed by atoms with Crippen molar-refractivity contribution in [1.82, 2.24) is 0 Å². The van der Waals surface area contributed by atoms with Crippen LogP contribution in [0, 0.1) is 0 Å². The van der Waals surface area contributed by atoms with Gasteiger partial charge in [-0.15, -0.1) is 0 Å². The molecule has 4 nitrogen and oxygen atoms in total. The molecule has 0 N–H and O–H groups in total. The summed E-state index contributed by atoms with van der Waals surface area (Å²) >= 11 is 0. The lowest BCUT2D eigenvalue weighted by atomic mass is 10.1. The first-order valence-electron chi connectivity index (χ1n) is 5.44. The number of nitrogens with zero attached hydrogens (tertiary/aromatic N) is 1. The van der Waals surface area contributed by atoms with Crippen molar-refractivity contribution in [2.24, 2.45) is 4.99 Å². The van der Waals surface area contributed by atoms with Gasteiger partial charge in [-0.2, -0.15) is 0 Å². The smallest absolute Gasteiger partial charge is 0.338 e. The van der Waals surface area contributed by atoms with E-state index in [1.165, 1.54) is 7.11 Å². The Kier molecular flexibility index (Phi) is 2.88. The molecule has 0 aliphatic carbocycles. The molecule has 0 spiro atoms. The van der Waals surface area contributed by atoms with Crippen molar-refractivity contribution in [3.05, 3.63) is 35.4 Å². The van der Waals surface area contributed by atoms with Crippen molar-refractivity contribution in [2.75, 3.05) is 13.7 Å². The van der Waals surface area contributed by atoms with Crippen LogP contribution in [0.3, 0.4) is 0 Å². The Hall–Kier alpha value is -1.84. The SMILES string of the molecule is COC(=O)c1ccccc1C1=NC(C)(C)CO1. The van der Waals surface area contributed by atoms with E-state index < -0.39 is 0 Å². The molecule has 4 heteroatoms. The first-order chi connectivity index (χ1) is 8.03. The third-order valence-corrected chi connectivity index (χ3v) is 2.53. The molecule has 1 aromatic rings. The van der Waals surface area contributed by atoms with Crippen molar-refractivity contribution in [3.8, 4) is 0 Å². The zero-order valence-corrected chi connectivity index (χ0v) is 10.2. The van der Waals surface area contributed by atoms with Crippen LogP contribution >= 0.6 is 0 Å². The van der Waals surface area contributed by atoms with Gasteiger partial charge in [-0.1, -0.05) is 12.1 Å². The van der Waals surface area contributed by atoms with Crippen molar-refractivity contribution in [1.29, 1.82) is 0 Å². The Balaban J connectivity index is 2.43. The minimum absolute atomic E-state index is 0.238. The van der Waals surface area contributed by atoms with E-state index in [9.17, 15) is 4.79 Å². The van der Waals surface area contributed by atoms with Crippen molar-refractivity contribution < 1.29 is 14.3 Å². The molecule has 0 radical (unpaired) electrons. The van der Waals surface area contributed by atoms with Gasteiger partial charge >= 0.3 is 5.97 Å². The van der Waals surface area contributed by atoms with Crippen LogP contribution in [0.15, 0.2) is 29.3 Å². The van der Waals surface area contributed by atoms with Gasteiger partial charge in [0.25, 0.3) is 0 Å². The van der Waals surface area contributed by atoms with E-state index in [1.807, 2.05) is 26.0 Å². The average molecular weight is 233 g/mol. The third kappa shape index (κ3) is 2.30. The van der Waals surface area contributed by atoms with E-state index >= 15 is 0 Å². The molecule has 0 saturated heterocycles. The number of hydrogen-bond donors (Lipinski definition) is 0. The van der Waals surface area contributed by atoms with Crippen molar-refractivity contribution in [2.45, 2.75) is 19.4 Å². The van der Waals surface area contributed by atoms with Crippen LogP contribution in [0.2, 0.25) is 0 Å². The molecule has 1 aliphatic heterocycles. The summed E-state index contributed by atoms with van der Waals surface area (Å²) in [4.78, 5) is 16.1. The highest BCUT2D eigenvalue weighted by molar-refractivity contribution is 6.05. The molecule has 0 atom stereocenters. The molecule has 90 valence electrons. The zero-order chi connectivity index (χ0) is 12.5. The molecule has 0 amide bonds. The first kappa shape index (κ1) is 11.6. The average Bonchev–Trinajstić information content (AvgIpc) is 2.68. The summed E-state index contributed by atoms with van der Waals surface area (Å²) in [5.41, 5.74) is 0.926. The molecule has 17 heavy (non-hydrogen) atoms. The number of ether oxygens (including phenoxy) is 2. The summed E-state index contributed by atoms with van der Waals surface area (Å²) in [5.74, 6) is 0.132. The van der Waals surface area contributed by atoms with E-state index in [4.69, 9.17) is 9.47 Å². The topological polar surface area (TPSA) is 47.9 Å². The van der Waals surface area contributed by atoms with Crippen molar-refractivity contribution >= 4 is 11.9 Å². The maximum Gasteiger partial charge on any atom is 0.338 e. The van der Waals surface area contributed by atoms with Crippen LogP contribution in [0.4, 0.5) is 0 Å². The molecular formula is C13H15NO3. The number of benzene rings is 1. The molecule has 0 unspecified atom stereocenters. The molecule has 0 aromatic heterocycles. The van der Waals surface area contributed by atoms with E-state index in [2.05, 4.69) is 4.99 Å². The first-order valence-corrected chi connectivity index (χ1v) is 5.44. The maximum atomic E-state index is 11.6. The quantitative estimate of drug-likeness (QED) is 0.734. The van der Waals surface area contributed by atoms with Crippen molar-refractivity contribution in [3.63, 3.8) is 0 Å². The highest BCUT2D eigenvalue weighted by Crippen LogP contribution is 2.22. The molecule has 1 aliphatic rings. The van der Waals surface area contributed by atoms with Gasteiger partial charge < -0.3 is 9.47 Å². The Bertz CT molecular complexity index is 477. The molecule has 0 bridgehead atoms. The normalized spacial score (nSPS) is 17.2. The molecule has 2 rings (SSSR count). The number of aliphatic imine (C=N–C) groups is 1. The zero-order valence-electron chi connectivity index (χ0n) is 10.2. The van der Waals surface area contributed by atoms with Gasteiger partial charge in [-0.3, -0.25) is 0 Å². The summed E-state index contributed by atoms with van der Waals surface area (Å²) in [7, 11) is 1.36. The van der Waals surface area contributed by atoms with Crippen LogP contribution in [0.5, 0.6) is 0 Å². The number of esters is 1. The lowest BCUT2D eigenvalue weighted by Gasteiger charge is -2.07. The van der Waals surface area contributed by atoms with E-state index in [1.54, 1.807) is 12.1 Å². The summed E-state index contributed by atoms with van der Waals surface area (Å²) in [6.45, 7) is 4.50. The lowest BCUT2D eigenvalue weighted by molar-refractivity contribution is 0.0600. The lowest BCUT2D eigenvalue weighted by Crippen LogP contribution is -2.17. The van der Waals surface area contributed by atoms with E-state index in [0.717, 1.165) is 0 Å². The van der Waals surface area contributed by atoms with Crippen LogP contribution in [0.1, 0.15) is 29.8 Å². The summed E-state index contributed by atoms with van der Waals surface area (Å²) < 4.78 is 10.3. The fourth-order valence-electron chi connectivity index (χ4n) is 1.68. The number of rotatable bonds is 2. The number of carbonyl (C=O) groups is 1. The second-order valence-electron chi connectivity index (χ2n) is 4.56. The highest BCUT2D eigenvalue weighted by atomic mass is 16.5. The number of hydrogen-bond acceptors (Lipinski definition) is 4. The predicted octanol–water partition coefficient (Wildman–Crippen LogP) is 2.03. The summed E-state index contributed by atoms with van der Waals surface area (Å²) in [5, 5.41) is 0. The van der Waals surface area contributed by atoms with Crippen LogP contribution in [0.25, 0.3) is 0 Å². The largest absolute Gasteiger partial charge is 0.475 e. The van der Waals surface area contributed by atoms with Gasteiger partial charge in [0.2, 0.25) is 5.90 Å². The highest BCUT2D eigenvalue weighted by Gasteiger charge is 2.29. The van der Waals surface area contributed by atoms with Gasteiger partial charge in [-0.25, -0.2) is 9.79 Å². The monoisotopic (exact) mass is 233 g/mol. The Morgan fingerprint density at radius 1 is 1.41 bits per heavy atom. The maximum absolute atomic E-state index is 11.6. The predicted molar refractivity (Wildman–Crippen MR) is 64.3 cm³/mol. The molecular weight excluding hydrogens is 218 g/mol. The second-order valence-corrected chi connectivity index (χ2v) is 4.56. The van der Waals surface area contributed by atoms with Gasteiger partial charge in [0.05, 0.1) is 23.8 Å². The Morgan fingerprint density at radius 3 is 2.71 bits per heavy atom. The van der Waals surface area contributed by atoms with Gasteiger partial charge in [-0.05, 0) is 26.0 Å².